The number of aromatic nitrogens is 3. The topological polar surface area (TPSA) is 60.2 Å². The molecule has 6 nitrogen and oxygen atoms in total. The van der Waals surface area contributed by atoms with Gasteiger partial charge in [0.25, 0.3) is 5.91 Å². The first-order valence-corrected chi connectivity index (χ1v) is 12.0. The third-order valence-electron chi connectivity index (χ3n) is 6.11. The number of para-hydroxylation sites is 2. The van der Waals surface area contributed by atoms with Gasteiger partial charge in [-0.3, -0.25) is 9.69 Å². The molecule has 1 saturated carbocycles. The molecule has 2 fully saturated rings. The van der Waals surface area contributed by atoms with Crippen LogP contribution in [0.3, 0.4) is 0 Å². The van der Waals surface area contributed by atoms with Gasteiger partial charge in [-0.2, -0.15) is 5.10 Å². The van der Waals surface area contributed by atoms with E-state index in [-0.39, 0.29) is 12.0 Å². The van der Waals surface area contributed by atoms with Gasteiger partial charge in [0, 0.05) is 12.5 Å². The molecule has 0 spiro atoms. The van der Waals surface area contributed by atoms with Crippen LogP contribution in [0.2, 0.25) is 0 Å². The highest BCUT2D eigenvalue weighted by molar-refractivity contribution is 7.22. The Labute approximate surface area is 190 Å². The van der Waals surface area contributed by atoms with Gasteiger partial charge in [0.15, 0.2) is 5.13 Å². The lowest BCUT2D eigenvalue weighted by atomic mass is 10.2. The second kappa shape index (κ2) is 8.15. The molecule has 3 heterocycles. The number of rotatable bonds is 6. The van der Waals surface area contributed by atoms with Gasteiger partial charge in [0.2, 0.25) is 0 Å². The van der Waals surface area contributed by atoms with Gasteiger partial charge < -0.3 is 4.74 Å². The van der Waals surface area contributed by atoms with Crippen LogP contribution in [-0.2, 0) is 4.74 Å². The van der Waals surface area contributed by atoms with E-state index in [9.17, 15) is 4.79 Å². The first kappa shape index (κ1) is 19.6. The fraction of sp³-hybridized carbons (Fsp3) is 0.320. The number of nitrogens with zero attached hydrogens (tertiary/aromatic N) is 4. The lowest BCUT2D eigenvalue weighted by molar-refractivity contribution is 0.0911. The SMILES string of the molecule is O=C(c1cc(C2CC2)nn1-c1ccccc1)N(C[C@H]1CCCO1)c1nc2ccccc2s1. The third kappa shape index (κ3) is 3.72. The first-order chi connectivity index (χ1) is 15.8. The Morgan fingerprint density at radius 2 is 1.91 bits per heavy atom. The number of hydrogen-bond donors (Lipinski definition) is 0. The van der Waals surface area contributed by atoms with Crippen LogP contribution in [0.25, 0.3) is 15.9 Å². The summed E-state index contributed by atoms with van der Waals surface area (Å²) < 4.78 is 8.76. The molecule has 0 N–H and O–H groups in total. The van der Waals surface area contributed by atoms with Crippen LogP contribution in [-0.4, -0.2) is 39.9 Å². The zero-order valence-electron chi connectivity index (χ0n) is 17.7. The van der Waals surface area contributed by atoms with Crippen LogP contribution >= 0.6 is 11.3 Å². The second-order valence-corrected chi connectivity index (χ2v) is 9.50. The lowest BCUT2D eigenvalue weighted by Gasteiger charge is -2.23. The van der Waals surface area contributed by atoms with Crippen LogP contribution in [0, 0.1) is 0 Å². The number of anilines is 1. The Morgan fingerprint density at radius 3 is 2.66 bits per heavy atom. The van der Waals surface area contributed by atoms with Crippen molar-refractivity contribution in [3.05, 3.63) is 72.1 Å². The molecule has 2 aromatic carbocycles. The summed E-state index contributed by atoms with van der Waals surface area (Å²) in [5.41, 5.74) is 3.38. The van der Waals surface area contributed by atoms with E-state index in [4.69, 9.17) is 14.8 Å². The van der Waals surface area contributed by atoms with Crippen molar-refractivity contribution in [2.75, 3.05) is 18.1 Å². The fourth-order valence-electron chi connectivity index (χ4n) is 4.25. The quantitative estimate of drug-likeness (QED) is 0.411. The zero-order valence-corrected chi connectivity index (χ0v) is 18.5. The average molecular weight is 445 g/mol. The molecule has 0 unspecified atom stereocenters. The summed E-state index contributed by atoms with van der Waals surface area (Å²) in [7, 11) is 0. The second-order valence-electron chi connectivity index (χ2n) is 8.49. The number of thiazole rings is 1. The number of carbonyl (C=O) groups is 1. The smallest absolute Gasteiger partial charge is 0.278 e. The molecule has 1 aliphatic carbocycles. The predicted molar refractivity (Wildman–Crippen MR) is 126 cm³/mol. The largest absolute Gasteiger partial charge is 0.376 e. The number of benzene rings is 2. The van der Waals surface area contributed by atoms with Crippen molar-refractivity contribution in [3.8, 4) is 5.69 Å². The molecular weight excluding hydrogens is 420 g/mol. The van der Waals surface area contributed by atoms with E-state index in [1.165, 1.54) is 0 Å². The Bertz CT molecular complexity index is 1220. The summed E-state index contributed by atoms with van der Waals surface area (Å²) >= 11 is 1.55. The van der Waals surface area contributed by atoms with Gasteiger partial charge in [0.05, 0.1) is 34.2 Å². The maximum atomic E-state index is 14.0. The minimum absolute atomic E-state index is 0.0296. The first-order valence-electron chi connectivity index (χ1n) is 11.2. The molecule has 6 rings (SSSR count). The van der Waals surface area contributed by atoms with Crippen molar-refractivity contribution in [1.29, 1.82) is 0 Å². The summed E-state index contributed by atoms with van der Waals surface area (Å²) in [5.74, 6) is 0.378. The monoisotopic (exact) mass is 444 g/mol. The summed E-state index contributed by atoms with van der Waals surface area (Å²) in [6.45, 7) is 1.25. The summed E-state index contributed by atoms with van der Waals surface area (Å²) in [4.78, 5) is 20.6. The number of ether oxygens (including phenoxy) is 1. The van der Waals surface area contributed by atoms with E-state index in [0.717, 1.165) is 53.9 Å². The highest BCUT2D eigenvalue weighted by atomic mass is 32.1. The van der Waals surface area contributed by atoms with Crippen molar-refractivity contribution in [1.82, 2.24) is 14.8 Å². The van der Waals surface area contributed by atoms with Crippen LogP contribution in [0.4, 0.5) is 5.13 Å². The molecule has 2 aliphatic rings. The number of carbonyl (C=O) groups excluding carboxylic acids is 1. The van der Waals surface area contributed by atoms with Crippen LogP contribution in [0.15, 0.2) is 60.7 Å². The van der Waals surface area contributed by atoms with Gasteiger partial charge in [-0.05, 0) is 56.0 Å². The molecule has 0 bridgehead atoms. The molecule has 1 atom stereocenters. The summed E-state index contributed by atoms with van der Waals surface area (Å²) in [5, 5.41) is 5.54. The van der Waals surface area contributed by atoms with E-state index in [1.807, 2.05) is 60.7 Å². The van der Waals surface area contributed by atoms with Crippen molar-refractivity contribution >= 4 is 32.6 Å². The van der Waals surface area contributed by atoms with Crippen LogP contribution in [0.5, 0.6) is 0 Å². The number of hydrogen-bond acceptors (Lipinski definition) is 5. The van der Waals surface area contributed by atoms with E-state index in [1.54, 1.807) is 20.9 Å². The van der Waals surface area contributed by atoms with Gasteiger partial charge in [-0.1, -0.05) is 41.7 Å². The van der Waals surface area contributed by atoms with Crippen molar-refractivity contribution in [2.24, 2.45) is 0 Å². The van der Waals surface area contributed by atoms with Gasteiger partial charge >= 0.3 is 0 Å². The molecule has 1 aliphatic heterocycles. The summed E-state index contributed by atoms with van der Waals surface area (Å²) in [6.07, 6.45) is 4.29. The summed E-state index contributed by atoms with van der Waals surface area (Å²) in [6, 6.07) is 19.9. The minimum atomic E-state index is -0.0807. The molecule has 2 aromatic heterocycles. The van der Waals surface area contributed by atoms with Gasteiger partial charge in [-0.25, -0.2) is 9.67 Å². The average Bonchev–Trinajstić information content (AvgIpc) is 3.23. The molecule has 162 valence electrons. The Morgan fingerprint density at radius 1 is 1.09 bits per heavy atom. The molecule has 7 heteroatoms. The molecule has 32 heavy (non-hydrogen) atoms. The van der Waals surface area contributed by atoms with Gasteiger partial charge in [-0.15, -0.1) is 0 Å². The van der Waals surface area contributed by atoms with Crippen LogP contribution < -0.4 is 4.90 Å². The zero-order chi connectivity index (χ0) is 21.5. The van der Waals surface area contributed by atoms with Crippen molar-refractivity contribution in [2.45, 2.75) is 37.7 Å². The molecule has 0 radical (unpaired) electrons. The third-order valence-corrected chi connectivity index (χ3v) is 7.17. The Balaban J connectivity index is 1.43. The standard InChI is InChI=1S/C25H24N4O2S/c30-24(22-15-21(17-12-13-17)27-29(22)18-7-2-1-3-8-18)28(16-19-9-6-14-31-19)25-26-20-10-4-5-11-23(20)32-25/h1-5,7-8,10-11,15,17,19H,6,9,12-14,16H2/t19-/m1/s1. The number of amides is 1. The molecule has 1 saturated heterocycles. The highest BCUT2D eigenvalue weighted by Gasteiger charge is 2.33. The normalized spacial score (nSPS) is 18.3. The van der Waals surface area contributed by atoms with E-state index in [0.29, 0.717) is 23.3 Å². The van der Waals surface area contributed by atoms with E-state index in [2.05, 4.69) is 0 Å². The van der Waals surface area contributed by atoms with Crippen molar-refractivity contribution < 1.29 is 9.53 Å². The Hall–Kier alpha value is -3.03. The molecular formula is C25H24N4O2S. The maximum absolute atomic E-state index is 14.0. The van der Waals surface area contributed by atoms with Gasteiger partial charge in [0.1, 0.15) is 5.69 Å². The Kier molecular flexibility index (Phi) is 5.00. The van der Waals surface area contributed by atoms with Crippen LogP contribution in [0.1, 0.15) is 47.8 Å². The van der Waals surface area contributed by atoms with E-state index < -0.39 is 0 Å². The van der Waals surface area contributed by atoms with Crippen molar-refractivity contribution in [3.63, 3.8) is 0 Å². The molecule has 4 aromatic rings. The highest BCUT2D eigenvalue weighted by Crippen LogP contribution is 2.40. The minimum Gasteiger partial charge on any atom is -0.376 e. The fourth-order valence-corrected chi connectivity index (χ4v) is 5.22. The molecule has 1 amide bonds. The predicted octanol–water partition coefficient (Wildman–Crippen LogP) is 5.19. The lowest BCUT2D eigenvalue weighted by Crippen LogP contribution is -2.38. The van der Waals surface area contributed by atoms with E-state index >= 15 is 0 Å². The number of fused-ring (bicyclic) bond motifs is 1. The maximum Gasteiger partial charge on any atom is 0.278 e.